The zero-order chi connectivity index (χ0) is 21.8. The number of aryl methyl sites for hydroxylation is 1. The van der Waals surface area contributed by atoms with Gasteiger partial charge in [0, 0.05) is 31.9 Å². The van der Waals surface area contributed by atoms with Crippen LogP contribution in [0.4, 0.5) is 0 Å². The van der Waals surface area contributed by atoms with Crippen LogP contribution < -0.4 is 20.5 Å². The highest BCUT2D eigenvalue weighted by Crippen LogP contribution is 2.23. The van der Waals surface area contributed by atoms with Crippen LogP contribution in [-0.2, 0) is 24.9 Å². The molecule has 8 nitrogen and oxygen atoms in total. The number of carbonyl (C=O) groups excluding carboxylic acids is 1. The van der Waals surface area contributed by atoms with E-state index >= 15 is 0 Å². The van der Waals surface area contributed by atoms with Crippen LogP contribution >= 0.6 is 0 Å². The van der Waals surface area contributed by atoms with Gasteiger partial charge in [0.1, 0.15) is 18.0 Å². The topological polar surface area (TPSA) is 87.4 Å². The molecule has 0 unspecified atom stereocenters. The zero-order valence-electron chi connectivity index (χ0n) is 17.2. The lowest BCUT2D eigenvalue weighted by Crippen LogP contribution is -2.32. The van der Waals surface area contributed by atoms with Crippen LogP contribution in [0.2, 0.25) is 0 Å². The molecule has 0 radical (unpaired) electrons. The smallest absolute Gasteiger partial charge is 0.329 e. The van der Waals surface area contributed by atoms with Crippen molar-refractivity contribution in [1.82, 2.24) is 19.4 Å². The number of para-hydroxylation sites is 2. The van der Waals surface area contributed by atoms with Crippen molar-refractivity contribution in [3.8, 4) is 17.4 Å². The predicted molar refractivity (Wildman–Crippen MR) is 116 cm³/mol. The summed E-state index contributed by atoms with van der Waals surface area (Å²) in [5.41, 5.74) is 2.11. The quantitative estimate of drug-likeness (QED) is 0.499. The largest absolute Gasteiger partial charge is 0.497 e. The maximum absolute atomic E-state index is 12.4. The molecule has 31 heavy (non-hydrogen) atoms. The number of rotatable bonds is 7. The number of ether oxygens (including phenoxy) is 2. The third kappa shape index (κ3) is 4.42. The first kappa shape index (κ1) is 20.2. The summed E-state index contributed by atoms with van der Waals surface area (Å²) in [5.74, 6) is 1.50. The highest BCUT2D eigenvalue weighted by molar-refractivity contribution is 5.80. The maximum atomic E-state index is 12.4. The molecule has 0 atom stereocenters. The Morgan fingerprint density at radius 1 is 1.03 bits per heavy atom. The fourth-order valence-electron chi connectivity index (χ4n) is 3.28. The van der Waals surface area contributed by atoms with E-state index in [0.29, 0.717) is 23.9 Å². The van der Waals surface area contributed by atoms with E-state index in [2.05, 4.69) is 10.3 Å². The number of aromatic nitrogens is 3. The molecule has 1 amide bonds. The van der Waals surface area contributed by atoms with Crippen molar-refractivity contribution in [3.05, 3.63) is 82.9 Å². The summed E-state index contributed by atoms with van der Waals surface area (Å²) >= 11 is 0. The molecule has 0 aliphatic rings. The SMILES string of the molecule is COc1cccc(Oc2ccc(CNC(=O)Cn3c(=O)n(C)c4ccccc43)cn2)c1. The molecule has 2 aromatic carbocycles. The van der Waals surface area contributed by atoms with Gasteiger partial charge in [-0.25, -0.2) is 9.78 Å². The van der Waals surface area contributed by atoms with Gasteiger partial charge in [-0.05, 0) is 29.8 Å². The number of amides is 1. The summed E-state index contributed by atoms with van der Waals surface area (Å²) in [6.45, 7) is 0.245. The molecule has 0 saturated carbocycles. The molecular formula is C23H22N4O4. The fraction of sp³-hybridized carbons (Fsp3) is 0.174. The molecule has 4 rings (SSSR count). The Labute approximate surface area is 178 Å². The van der Waals surface area contributed by atoms with Gasteiger partial charge in [-0.15, -0.1) is 0 Å². The molecule has 4 aromatic rings. The molecule has 2 heterocycles. The molecule has 0 bridgehead atoms. The van der Waals surface area contributed by atoms with E-state index in [4.69, 9.17) is 9.47 Å². The highest BCUT2D eigenvalue weighted by atomic mass is 16.5. The van der Waals surface area contributed by atoms with Crippen molar-refractivity contribution in [2.24, 2.45) is 7.05 Å². The summed E-state index contributed by atoms with van der Waals surface area (Å²) < 4.78 is 13.9. The minimum absolute atomic E-state index is 0.0509. The third-order valence-electron chi connectivity index (χ3n) is 4.90. The standard InChI is InChI=1S/C23H22N4O4/c1-26-19-8-3-4-9-20(19)27(23(26)29)15-21(28)24-13-16-10-11-22(25-14-16)31-18-7-5-6-17(12-18)30-2/h3-12,14H,13,15H2,1-2H3,(H,24,28). The summed E-state index contributed by atoms with van der Waals surface area (Å²) in [5, 5.41) is 2.83. The normalized spacial score (nSPS) is 10.8. The van der Waals surface area contributed by atoms with Gasteiger partial charge in [-0.3, -0.25) is 13.9 Å². The Balaban J connectivity index is 1.37. The lowest BCUT2D eigenvalue weighted by Gasteiger charge is -2.08. The van der Waals surface area contributed by atoms with Crippen molar-refractivity contribution in [1.29, 1.82) is 0 Å². The fourth-order valence-corrected chi connectivity index (χ4v) is 3.28. The van der Waals surface area contributed by atoms with Crippen LogP contribution in [0, 0.1) is 0 Å². The molecule has 0 spiro atoms. The second kappa shape index (κ2) is 8.74. The van der Waals surface area contributed by atoms with Crippen molar-refractivity contribution in [2.75, 3.05) is 7.11 Å². The van der Waals surface area contributed by atoms with Crippen molar-refractivity contribution in [2.45, 2.75) is 13.1 Å². The van der Waals surface area contributed by atoms with Gasteiger partial charge in [0.2, 0.25) is 11.8 Å². The first-order chi connectivity index (χ1) is 15.0. The lowest BCUT2D eigenvalue weighted by molar-refractivity contribution is -0.121. The van der Waals surface area contributed by atoms with Crippen LogP contribution in [0.15, 0.2) is 71.7 Å². The summed E-state index contributed by atoms with van der Waals surface area (Å²) in [6.07, 6.45) is 1.64. The highest BCUT2D eigenvalue weighted by Gasteiger charge is 2.13. The number of imidazole rings is 1. The van der Waals surface area contributed by atoms with Gasteiger partial charge in [0.15, 0.2) is 0 Å². The number of hydrogen-bond donors (Lipinski definition) is 1. The summed E-state index contributed by atoms with van der Waals surface area (Å²) in [4.78, 5) is 29.1. The number of benzene rings is 2. The molecule has 1 N–H and O–H groups in total. The molecule has 0 aliphatic heterocycles. The number of nitrogens with zero attached hydrogens (tertiary/aromatic N) is 3. The van der Waals surface area contributed by atoms with E-state index in [1.54, 1.807) is 32.5 Å². The molecule has 158 valence electrons. The Morgan fingerprint density at radius 2 is 1.81 bits per heavy atom. The molecular weight excluding hydrogens is 396 g/mol. The minimum Gasteiger partial charge on any atom is -0.497 e. The Kier molecular flexibility index (Phi) is 5.70. The van der Waals surface area contributed by atoms with E-state index in [-0.39, 0.29) is 18.1 Å². The van der Waals surface area contributed by atoms with Crippen LogP contribution in [0.25, 0.3) is 11.0 Å². The van der Waals surface area contributed by atoms with Gasteiger partial charge < -0.3 is 14.8 Å². The van der Waals surface area contributed by atoms with Gasteiger partial charge >= 0.3 is 5.69 Å². The zero-order valence-corrected chi connectivity index (χ0v) is 17.2. The second-order valence-corrected chi connectivity index (χ2v) is 6.98. The Morgan fingerprint density at radius 3 is 2.55 bits per heavy atom. The van der Waals surface area contributed by atoms with E-state index < -0.39 is 0 Å². The van der Waals surface area contributed by atoms with Crippen molar-refractivity contribution >= 4 is 16.9 Å². The average molecular weight is 418 g/mol. The monoisotopic (exact) mass is 418 g/mol. The summed E-state index contributed by atoms with van der Waals surface area (Å²) in [7, 11) is 3.29. The van der Waals surface area contributed by atoms with E-state index in [9.17, 15) is 9.59 Å². The first-order valence-corrected chi connectivity index (χ1v) is 9.73. The number of nitrogens with one attached hydrogen (secondary N) is 1. The summed E-state index contributed by atoms with van der Waals surface area (Å²) in [6, 6.07) is 18.2. The van der Waals surface area contributed by atoms with Crippen LogP contribution in [0.1, 0.15) is 5.56 Å². The van der Waals surface area contributed by atoms with Crippen molar-refractivity contribution in [3.63, 3.8) is 0 Å². The van der Waals surface area contributed by atoms with Crippen molar-refractivity contribution < 1.29 is 14.3 Å². The number of fused-ring (bicyclic) bond motifs is 1. The first-order valence-electron chi connectivity index (χ1n) is 9.73. The molecule has 8 heteroatoms. The van der Waals surface area contributed by atoms with Gasteiger partial charge in [0.05, 0.1) is 18.1 Å². The minimum atomic E-state index is -0.254. The van der Waals surface area contributed by atoms with Gasteiger partial charge in [-0.2, -0.15) is 0 Å². The molecule has 2 aromatic heterocycles. The predicted octanol–water partition coefficient (Wildman–Crippen LogP) is 2.85. The second-order valence-electron chi connectivity index (χ2n) is 6.98. The number of carbonyl (C=O) groups is 1. The Bertz CT molecular complexity index is 1270. The lowest BCUT2D eigenvalue weighted by atomic mass is 10.3. The average Bonchev–Trinajstić information content (AvgIpc) is 3.04. The van der Waals surface area contributed by atoms with E-state index in [0.717, 1.165) is 16.6 Å². The number of pyridine rings is 1. The van der Waals surface area contributed by atoms with Crippen LogP contribution in [0.5, 0.6) is 17.4 Å². The van der Waals surface area contributed by atoms with Crippen LogP contribution in [0.3, 0.4) is 0 Å². The van der Waals surface area contributed by atoms with Gasteiger partial charge in [-0.1, -0.05) is 24.3 Å². The molecule has 0 fully saturated rings. The maximum Gasteiger partial charge on any atom is 0.329 e. The van der Waals surface area contributed by atoms with E-state index in [1.807, 2.05) is 48.5 Å². The molecule has 0 saturated heterocycles. The third-order valence-corrected chi connectivity index (χ3v) is 4.90. The number of hydrogen-bond acceptors (Lipinski definition) is 5. The van der Waals surface area contributed by atoms with Crippen LogP contribution in [-0.4, -0.2) is 27.1 Å². The number of methoxy groups -OCH3 is 1. The Hall–Kier alpha value is -4.07. The van der Waals surface area contributed by atoms with Gasteiger partial charge in [0.25, 0.3) is 0 Å². The van der Waals surface area contributed by atoms with E-state index in [1.165, 1.54) is 9.13 Å². The molecule has 0 aliphatic carbocycles.